The Labute approximate surface area is 95.4 Å². The lowest BCUT2D eigenvalue weighted by atomic mass is 10.2. The molecule has 0 fully saturated rings. The molecule has 0 unspecified atom stereocenters. The molecule has 0 atom stereocenters. The van der Waals surface area contributed by atoms with E-state index in [2.05, 4.69) is 33.4 Å². The summed E-state index contributed by atoms with van der Waals surface area (Å²) < 4.78 is 2.18. The van der Waals surface area contributed by atoms with Crippen molar-refractivity contribution in [1.29, 1.82) is 0 Å². The van der Waals surface area contributed by atoms with Crippen molar-refractivity contribution in [2.24, 2.45) is 0 Å². The van der Waals surface area contributed by atoms with Gasteiger partial charge in [-0.3, -0.25) is 9.97 Å². The molecule has 0 radical (unpaired) electrons. The highest BCUT2D eigenvalue weighted by atomic mass is 15.1. The number of hydrogen-bond acceptors (Lipinski definition) is 3. The van der Waals surface area contributed by atoms with Crippen molar-refractivity contribution < 1.29 is 0 Å². The summed E-state index contributed by atoms with van der Waals surface area (Å²) in [5, 5.41) is 0. The topological polar surface area (TPSA) is 43.6 Å². The van der Waals surface area contributed by atoms with Crippen LogP contribution in [0.15, 0.2) is 31.0 Å². The summed E-state index contributed by atoms with van der Waals surface area (Å²) in [7, 11) is 0. The van der Waals surface area contributed by atoms with Gasteiger partial charge in [-0.1, -0.05) is 13.8 Å². The molecule has 0 spiro atoms. The van der Waals surface area contributed by atoms with Crippen LogP contribution in [0.4, 0.5) is 0 Å². The van der Waals surface area contributed by atoms with Crippen molar-refractivity contribution in [3.05, 3.63) is 42.5 Å². The molecule has 4 heteroatoms. The van der Waals surface area contributed by atoms with Crippen LogP contribution in [0.3, 0.4) is 0 Å². The summed E-state index contributed by atoms with van der Waals surface area (Å²) >= 11 is 0. The Balaban J connectivity index is 2.02. The van der Waals surface area contributed by atoms with Gasteiger partial charge in [0.15, 0.2) is 0 Å². The second kappa shape index (κ2) is 4.88. The van der Waals surface area contributed by atoms with Crippen LogP contribution in [0.1, 0.15) is 31.3 Å². The molecule has 0 saturated carbocycles. The minimum Gasteiger partial charge on any atom is -0.334 e. The van der Waals surface area contributed by atoms with Crippen LogP contribution in [-0.2, 0) is 13.0 Å². The number of nitrogens with zero attached hydrogens (tertiary/aromatic N) is 4. The van der Waals surface area contributed by atoms with Gasteiger partial charge < -0.3 is 4.57 Å². The highest BCUT2D eigenvalue weighted by molar-refractivity contribution is 5.00. The first-order valence-electron chi connectivity index (χ1n) is 5.53. The van der Waals surface area contributed by atoms with Crippen LogP contribution in [-0.4, -0.2) is 19.5 Å². The highest BCUT2D eigenvalue weighted by Crippen LogP contribution is 2.12. The zero-order valence-electron chi connectivity index (χ0n) is 9.67. The Morgan fingerprint density at radius 2 is 2.06 bits per heavy atom. The monoisotopic (exact) mass is 216 g/mol. The van der Waals surface area contributed by atoms with Crippen LogP contribution in [0, 0.1) is 0 Å². The van der Waals surface area contributed by atoms with Crippen molar-refractivity contribution in [2.45, 2.75) is 32.7 Å². The molecule has 2 heterocycles. The van der Waals surface area contributed by atoms with E-state index in [0.29, 0.717) is 5.92 Å². The molecule has 2 rings (SSSR count). The summed E-state index contributed by atoms with van der Waals surface area (Å²) in [6, 6.07) is 0. The molecule has 2 aromatic rings. The number of rotatable bonds is 4. The summed E-state index contributed by atoms with van der Waals surface area (Å²) in [5.74, 6) is 1.58. The van der Waals surface area contributed by atoms with Crippen LogP contribution in [0.5, 0.6) is 0 Å². The largest absolute Gasteiger partial charge is 0.334 e. The fraction of sp³-hybridized carbons (Fsp3) is 0.417. The van der Waals surface area contributed by atoms with Crippen molar-refractivity contribution >= 4 is 0 Å². The Morgan fingerprint density at radius 3 is 2.75 bits per heavy atom. The van der Waals surface area contributed by atoms with Gasteiger partial charge in [-0.05, 0) is 0 Å². The predicted molar refractivity (Wildman–Crippen MR) is 62.1 cm³/mol. The standard InChI is InChI=1S/C12H16N4/c1-10(2)12-15-6-8-16(12)7-3-11-9-13-4-5-14-11/h4-6,8-10H,3,7H2,1-2H3. The van der Waals surface area contributed by atoms with E-state index in [1.54, 1.807) is 12.4 Å². The number of hydrogen-bond donors (Lipinski definition) is 0. The van der Waals surface area contributed by atoms with E-state index in [1.165, 1.54) is 0 Å². The smallest absolute Gasteiger partial charge is 0.111 e. The molecule has 16 heavy (non-hydrogen) atoms. The second-order valence-corrected chi connectivity index (χ2v) is 4.08. The van der Waals surface area contributed by atoms with Gasteiger partial charge in [0.1, 0.15) is 5.82 Å². The van der Waals surface area contributed by atoms with E-state index in [0.717, 1.165) is 24.5 Å². The van der Waals surface area contributed by atoms with Crippen molar-refractivity contribution in [3.8, 4) is 0 Å². The maximum Gasteiger partial charge on any atom is 0.111 e. The maximum atomic E-state index is 4.35. The van der Waals surface area contributed by atoms with E-state index in [-0.39, 0.29) is 0 Å². The third kappa shape index (κ3) is 2.45. The van der Waals surface area contributed by atoms with Gasteiger partial charge in [-0.2, -0.15) is 0 Å². The predicted octanol–water partition coefficient (Wildman–Crippen LogP) is 2.04. The van der Waals surface area contributed by atoms with Gasteiger partial charge in [0.2, 0.25) is 0 Å². The third-order valence-corrected chi connectivity index (χ3v) is 2.49. The molecule has 0 aromatic carbocycles. The first kappa shape index (κ1) is 10.8. The van der Waals surface area contributed by atoms with Gasteiger partial charge in [0, 0.05) is 49.9 Å². The maximum absolute atomic E-state index is 4.35. The van der Waals surface area contributed by atoms with E-state index >= 15 is 0 Å². The summed E-state index contributed by atoms with van der Waals surface area (Å²) in [4.78, 5) is 12.7. The molecular weight excluding hydrogens is 200 g/mol. The molecular formula is C12H16N4. The number of aryl methyl sites for hydroxylation is 2. The second-order valence-electron chi connectivity index (χ2n) is 4.08. The lowest BCUT2D eigenvalue weighted by Gasteiger charge is -2.09. The molecule has 0 amide bonds. The zero-order valence-corrected chi connectivity index (χ0v) is 9.67. The van der Waals surface area contributed by atoms with Gasteiger partial charge in [0.05, 0.1) is 5.69 Å². The fourth-order valence-electron chi connectivity index (χ4n) is 1.70. The van der Waals surface area contributed by atoms with E-state index in [4.69, 9.17) is 0 Å². The third-order valence-electron chi connectivity index (χ3n) is 2.49. The fourth-order valence-corrected chi connectivity index (χ4v) is 1.70. The average Bonchev–Trinajstić information content (AvgIpc) is 2.76. The van der Waals surface area contributed by atoms with E-state index in [9.17, 15) is 0 Å². The van der Waals surface area contributed by atoms with Gasteiger partial charge in [-0.25, -0.2) is 4.98 Å². The zero-order chi connectivity index (χ0) is 11.4. The molecule has 0 saturated heterocycles. The first-order chi connectivity index (χ1) is 7.77. The van der Waals surface area contributed by atoms with Crippen LogP contribution < -0.4 is 0 Å². The van der Waals surface area contributed by atoms with Crippen LogP contribution >= 0.6 is 0 Å². The SMILES string of the molecule is CC(C)c1nccn1CCc1cnccn1. The summed E-state index contributed by atoms with van der Waals surface area (Å²) in [6.07, 6.45) is 10.0. The number of imidazole rings is 1. The highest BCUT2D eigenvalue weighted by Gasteiger charge is 2.06. The van der Waals surface area contributed by atoms with Crippen LogP contribution in [0.2, 0.25) is 0 Å². The summed E-state index contributed by atoms with van der Waals surface area (Å²) in [6.45, 7) is 5.22. The molecule has 4 nitrogen and oxygen atoms in total. The van der Waals surface area contributed by atoms with Crippen molar-refractivity contribution in [1.82, 2.24) is 19.5 Å². The Bertz CT molecular complexity index is 433. The minimum absolute atomic E-state index is 0.455. The first-order valence-corrected chi connectivity index (χ1v) is 5.53. The molecule has 0 bridgehead atoms. The molecule has 0 aliphatic rings. The van der Waals surface area contributed by atoms with Crippen molar-refractivity contribution in [2.75, 3.05) is 0 Å². The molecule has 0 aliphatic carbocycles. The lowest BCUT2D eigenvalue weighted by Crippen LogP contribution is -2.07. The van der Waals surface area contributed by atoms with Crippen LogP contribution in [0.25, 0.3) is 0 Å². The van der Waals surface area contributed by atoms with E-state index < -0.39 is 0 Å². The minimum atomic E-state index is 0.455. The molecule has 0 aliphatic heterocycles. The van der Waals surface area contributed by atoms with Gasteiger partial charge in [0.25, 0.3) is 0 Å². The Kier molecular flexibility index (Phi) is 3.29. The average molecular weight is 216 g/mol. The van der Waals surface area contributed by atoms with E-state index in [1.807, 2.05) is 18.6 Å². The number of aromatic nitrogens is 4. The molecule has 0 N–H and O–H groups in total. The summed E-state index contributed by atoms with van der Waals surface area (Å²) in [5.41, 5.74) is 1.02. The molecule has 2 aromatic heterocycles. The quantitative estimate of drug-likeness (QED) is 0.785. The Morgan fingerprint density at radius 1 is 1.19 bits per heavy atom. The Hall–Kier alpha value is -1.71. The van der Waals surface area contributed by atoms with Gasteiger partial charge >= 0.3 is 0 Å². The van der Waals surface area contributed by atoms with Gasteiger partial charge in [-0.15, -0.1) is 0 Å². The lowest BCUT2D eigenvalue weighted by molar-refractivity contribution is 0.613. The normalized spacial score (nSPS) is 10.9. The van der Waals surface area contributed by atoms with Crippen molar-refractivity contribution in [3.63, 3.8) is 0 Å². The molecule has 84 valence electrons.